The molecule has 1 aromatic carbocycles. The maximum absolute atomic E-state index is 5.93. The van der Waals surface area contributed by atoms with Gasteiger partial charge in [0, 0.05) is 23.8 Å². The van der Waals surface area contributed by atoms with Crippen LogP contribution in [0.15, 0.2) is 30.5 Å². The number of fused-ring (bicyclic) bond motifs is 1. The number of hydrogen-bond acceptors (Lipinski definition) is 3. The third kappa shape index (κ3) is 2.92. The van der Waals surface area contributed by atoms with Crippen molar-refractivity contribution in [3.05, 3.63) is 30.5 Å². The minimum absolute atomic E-state index is 0.738. The number of benzene rings is 1. The highest BCUT2D eigenvalue weighted by molar-refractivity contribution is 5.97. The first-order valence-electron chi connectivity index (χ1n) is 6.70. The minimum Gasteiger partial charge on any atom is -0.397 e. The van der Waals surface area contributed by atoms with Crippen LogP contribution in [0.2, 0.25) is 0 Å². The summed E-state index contributed by atoms with van der Waals surface area (Å²) in [5.41, 5.74) is 8.68. The number of rotatable bonds is 6. The van der Waals surface area contributed by atoms with Gasteiger partial charge in [-0.3, -0.25) is 4.98 Å². The smallest absolute Gasteiger partial charge is 0.0951 e. The highest BCUT2D eigenvalue weighted by Gasteiger charge is 2.03. The second-order valence-electron chi connectivity index (χ2n) is 4.59. The van der Waals surface area contributed by atoms with Crippen LogP contribution in [0.1, 0.15) is 32.6 Å². The monoisotopic (exact) mass is 243 g/mol. The second kappa shape index (κ2) is 6.24. The molecule has 3 N–H and O–H groups in total. The third-order valence-electron chi connectivity index (χ3n) is 3.15. The Labute approximate surface area is 108 Å². The fraction of sp³-hybridized carbons (Fsp3) is 0.400. The molecule has 0 radical (unpaired) electrons. The molecule has 2 rings (SSSR count). The lowest BCUT2D eigenvalue weighted by Crippen LogP contribution is -2.02. The van der Waals surface area contributed by atoms with Crippen LogP contribution in [0.4, 0.5) is 11.4 Å². The number of nitrogens with zero attached hydrogens (tertiary/aromatic N) is 1. The molecule has 0 fully saturated rings. The van der Waals surface area contributed by atoms with Crippen molar-refractivity contribution in [3.8, 4) is 0 Å². The van der Waals surface area contributed by atoms with Gasteiger partial charge in [-0.2, -0.15) is 0 Å². The first-order chi connectivity index (χ1) is 8.83. The SMILES string of the molecule is CCCCCCNc1ccnc2c(N)cccc12. The number of anilines is 2. The minimum atomic E-state index is 0.738. The number of unbranched alkanes of at least 4 members (excludes halogenated alkanes) is 3. The standard InChI is InChI=1S/C15H21N3/c1-2-3-4-5-10-17-14-9-11-18-15-12(14)7-6-8-13(15)16/h6-9,11H,2-5,10,16H2,1H3,(H,17,18). The van der Waals surface area contributed by atoms with Crippen LogP contribution < -0.4 is 11.1 Å². The molecular formula is C15H21N3. The van der Waals surface area contributed by atoms with Crippen molar-refractivity contribution in [3.63, 3.8) is 0 Å². The van der Waals surface area contributed by atoms with Gasteiger partial charge in [0.25, 0.3) is 0 Å². The Morgan fingerprint density at radius 2 is 2.06 bits per heavy atom. The number of nitrogens with one attached hydrogen (secondary N) is 1. The second-order valence-corrected chi connectivity index (χ2v) is 4.59. The normalized spacial score (nSPS) is 10.7. The molecule has 0 atom stereocenters. The molecule has 0 unspecified atom stereocenters. The van der Waals surface area contributed by atoms with Gasteiger partial charge in [-0.1, -0.05) is 38.3 Å². The molecule has 0 amide bonds. The van der Waals surface area contributed by atoms with Gasteiger partial charge in [-0.25, -0.2) is 0 Å². The highest BCUT2D eigenvalue weighted by atomic mass is 14.9. The van der Waals surface area contributed by atoms with E-state index in [9.17, 15) is 0 Å². The molecular weight excluding hydrogens is 222 g/mol. The number of hydrogen-bond donors (Lipinski definition) is 2. The average Bonchev–Trinajstić information content (AvgIpc) is 2.39. The summed E-state index contributed by atoms with van der Waals surface area (Å²) in [5, 5.41) is 4.58. The summed E-state index contributed by atoms with van der Waals surface area (Å²) < 4.78 is 0. The number of pyridine rings is 1. The summed E-state index contributed by atoms with van der Waals surface area (Å²) in [5.74, 6) is 0. The molecule has 1 aromatic heterocycles. The first kappa shape index (κ1) is 12.7. The molecule has 0 bridgehead atoms. The Hall–Kier alpha value is -1.77. The van der Waals surface area contributed by atoms with Gasteiger partial charge in [-0.15, -0.1) is 0 Å². The van der Waals surface area contributed by atoms with Crippen molar-refractivity contribution in [1.29, 1.82) is 0 Å². The Balaban J connectivity index is 2.07. The van der Waals surface area contributed by atoms with E-state index in [1.54, 1.807) is 0 Å². The lowest BCUT2D eigenvalue weighted by Gasteiger charge is -2.10. The summed E-state index contributed by atoms with van der Waals surface area (Å²) in [4.78, 5) is 4.33. The molecule has 0 saturated carbocycles. The van der Waals surface area contributed by atoms with Crippen LogP contribution in [0, 0.1) is 0 Å². The Kier molecular flexibility index (Phi) is 4.40. The lowest BCUT2D eigenvalue weighted by molar-refractivity contribution is 0.685. The zero-order valence-electron chi connectivity index (χ0n) is 10.9. The van der Waals surface area contributed by atoms with E-state index >= 15 is 0 Å². The van der Waals surface area contributed by atoms with Crippen molar-refractivity contribution >= 4 is 22.3 Å². The van der Waals surface area contributed by atoms with E-state index in [1.807, 2.05) is 24.4 Å². The predicted octanol–water partition coefficient (Wildman–Crippen LogP) is 3.81. The van der Waals surface area contributed by atoms with Crippen LogP contribution in [0.3, 0.4) is 0 Å². The molecule has 2 aromatic rings. The van der Waals surface area contributed by atoms with Crippen molar-refractivity contribution in [2.45, 2.75) is 32.6 Å². The molecule has 0 aliphatic heterocycles. The summed E-state index contributed by atoms with van der Waals surface area (Å²) in [7, 11) is 0. The predicted molar refractivity (Wildman–Crippen MR) is 78.8 cm³/mol. The van der Waals surface area contributed by atoms with Crippen molar-refractivity contribution in [1.82, 2.24) is 4.98 Å². The van der Waals surface area contributed by atoms with E-state index in [1.165, 1.54) is 25.7 Å². The lowest BCUT2D eigenvalue weighted by atomic mass is 10.1. The molecule has 0 spiro atoms. The van der Waals surface area contributed by atoms with Crippen LogP contribution >= 0.6 is 0 Å². The van der Waals surface area contributed by atoms with Crippen molar-refractivity contribution in [2.75, 3.05) is 17.6 Å². The zero-order chi connectivity index (χ0) is 12.8. The van der Waals surface area contributed by atoms with E-state index < -0.39 is 0 Å². The topological polar surface area (TPSA) is 50.9 Å². The molecule has 3 nitrogen and oxygen atoms in total. The summed E-state index contributed by atoms with van der Waals surface area (Å²) in [6.07, 6.45) is 6.89. The molecule has 3 heteroatoms. The first-order valence-corrected chi connectivity index (χ1v) is 6.70. The number of para-hydroxylation sites is 1. The third-order valence-corrected chi connectivity index (χ3v) is 3.15. The van der Waals surface area contributed by atoms with Gasteiger partial charge in [0.15, 0.2) is 0 Å². The number of nitrogen functional groups attached to an aromatic ring is 1. The molecule has 96 valence electrons. The van der Waals surface area contributed by atoms with Gasteiger partial charge in [0.1, 0.15) is 0 Å². The van der Waals surface area contributed by atoms with Gasteiger partial charge >= 0.3 is 0 Å². The maximum Gasteiger partial charge on any atom is 0.0951 e. The highest BCUT2D eigenvalue weighted by Crippen LogP contribution is 2.25. The molecule has 0 aliphatic rings. The van der Waals surface area contributed by atoms with Gasteiger partial charge < -0.3 is 11.1 Å². The average molecular weight is 243 g/mol. The van der Waals surface area contributed by atoms with E-state index in [0.717, 1.165) is 28.8 Å². The fourth-order valence-corrected chi connectivity index (χ4v) is 2.13. The van der Waals surface area contributed by atoms with Crippen LogP contribution in [0.25, 0.3) is 10.9 Å². The maximum atomic E-state index is 5.93. The molecule has 18 heavy (non-hydrogen) atoms. The van der Waals surface area contributed by atoms with E-state index in [0.29, 0.717) is 0 Å². The largest absolute Gasteiger partial charge is 0.397 e. The van der Waals surface area contributed by atoms with E-state index in [2.05, 4.69) is 23.3 Å². The number of aromatic nitrogens is 1. The Morgan fingerprint density at radius 3 is 2.89 bits per heavy atom. The molecule has 1 heterocycles. The fourth-order valence-electron chi connectivity index (χ4n) is 2.13. The zero-order valence-corrected chi connectivity index (χ0v) is 10.9. The number of nitrogens with two attached hydrogens (primary N) is 1. The quantitative estimate of drug-likeness (QED) is 0.599. The Morgan fingerprint density at radius 1 is 1.17 bits per heavy atom. The van der Waals surface area contributed by atoms with Crippen LogP contribution in [0.5, 0.6) is 0 Å². The van der Waals surface area contributed by atoms with Crippen molar-refractivity contribution in [2.24, 2.45) is 0 Å². The van der Waals surface area contributed by atoms with E-state index in [-0.39, 0.29) is 0 Å². The van der Waals surface area contributed by atoms with Crippen LogP contribution in [-0.2, 0) is 0 Å². The van der Waals surface area contributed by atoms with Gasteiger partial charge in [0.05, 0.1) is 11.2 Å². The summed E-state index contributed by atoms with van der Waals surface area (Å²) >= 11 is 0. The van der Waals surface area contributed by atoms with E-state index in [4.69, 9.17) is 5.73 Å². The van der Waals surface area contributed by atoms with Crippen LogP contribution in [-0.4, -0.2) is 11.5 Å². The molecule has 0 aliphatic carbocycles. The molecule has 0 saturated heterocycles. The summed E-state index contributed by atoms with van der Waals surface area (Å²) in [6, 6.07) is 7.94. The van der Waals surface area contributed by atoms with Crippen molar-refractivity contribution < 1.29 is 0 Å². The van der Waals surface area contributed by atoms with Gasteiger partial charge in [-0.05, 0) is 18.6 Å². The van der Waals surface area contributed by atoms with Gasteiger partial charge in [0.2, 0.25) is 0 Å². The summed E-state index contributed by atoms with van der Waals surface area (Å²) in [6.45, 7) is 3.24. The Bertz CT molecular complexity index is 508.